The van der Waals surface area contributed by atoms with Crippen molar-refractivity contribution in [2.75, 3.05) is 6.54 Å². The molecular weight excluding hydrogens is 228 g/mol. The molecule has 0 saturated carbocycles. The number of carbonyl (C=O) groups excluding carboxylic acids is 1. The summed E-state index contributed by atoms with van der Waals surface area (Å²) in [7, 11) is 1.86. The fourth-order valence-electron chi connectivity index (χ4n) is 2.03. The highest BCUT2D eigenvalue weighted by Crippen LogP contribution is 2.14. The van der Waals surface area contributed by atoms with Crippen LogP contribution in [0.25, 0.3) is 0 Å². The molecule has 5 nitrogen and oxygen atoms in total. The van der Waals surface area contributed by atoms with Crippen molar-refractivity contribution >= 4 is 5.91 Å². The van der Waals surface area contributed by atoms with E-state index in [0.29, 0.717) is 25.4 Å². The van der Waals surface area contributed by atoms with Crippen LogP contribution in [-0.4, -0.2) is 22.2 Å². The van der Waals surface area contributed by atoms with Crippen LogP contribution in [0.2, 0.25) is 0 Å². The molecule has 0 aliphatic heterocycles. The van der Waals surface area contributed by atoms with Gasteiger partial charge < -0.3 is 11.1 Å². The molecule has 18 heavy (non-hydrogen) atoms. The van der Waals surface area contributed by atoms with E-state index in [4.69, 9.17) is 5.73 Å². The zero-order valence-electron chi connectivity index (χ0n) is 11.5. The van der Waals surface area contributed by atoms with Crippen molar-refractivity contribution in [2.24, 2.45) is 24.6 Å². The normalized spacial score (nSPS) is 12.7. The molecular formula is C13H24N4O. The van der Waals surface area contributed by atoms with Gasteiger partial charge in [0.1, 0.15) is 0 Å². The predicted molar refractivity (Wildman–Crippen MR) is 71.7 cm³/mol. The van der Waals surface area contributed by atoms with Crippen LogP contribution in [0, 0.1) is 11.8 Å². The second kappa shape index (κ2) is 7.16. The average molecular weight is 252 g/mol. The number of aryl methyl sites for hydroxylation is 1. The van der Waals surface area contributed by atoms with Crippen molar-refractivity contribution in [3.63, 3.8) is 0 Å². The maximum Gasteiger partial charge on any atom is 0.220 e. The summed E-state index contributed by atoms with van der Waals surface area (Å²) < 4.78 is 1.73. The van der Waals surface area contributed by atoms with E-state index >= 15 is 0 Å². The molecule has 5 heteroatoms. The molecule has 0 spiro atoms. The zero-order chi connectivity index (χ0) is 13.5. The Hall–Kier alpha value is -1.36. The Kier molecular flexibility index (Phi) is 5.85. The molecule has 0 bridgehead atoms. The van der Waals surface area contributed by atoms with E-state index in [0.717, 1.165) is 12.0 Å². The Morgan fingerprint density at radius 2 is 2.28 bits per heavy atom. The van der Waals surface area contributed by atoms with Crippen molar-refractivity contribution in [3.05, 3.63) is 18.0 Å². The Bertz CT molecular complexity index is 373. The molecule has 3 N–H and O–H groups in total. The first-order chi connectivity index (χ1) is 8.51. The molecule has 102 valence electrons. The molecule has 0 radical (unpaired) electrons. The van der Waals surface area contributed by atoms with Gasteiger partial charge in [0.05, 0.1) is 6.20 Å². The lowest BCUT2D eigenvalue weighted by atomic mass is 9.94. The summed E-state index contributed by atoms with van der Waals surface area (Å²) in [5.41, 5.74) is 6.70. The molecule has 0 aliphatic carbocycles. The van der Waals surface area contributed by atoms with Gasteiger partial charge in [-0.15, -0.1) is 0 Å². The van der Waals surface area contributed by atoms with Gasteiger partial charge in [-0.05, 0) is 24.8 Å². The van der Waals surface area contributed by atoms with Gasteiger partial charge in [0.2, 0.25) is 5.91 Å². The van der Waals surface area contributed by atoms with Crippen molar-refractivity contribution in [3.8, 4) is 0 Å². The number of rotatable bonds is 7. The molecule has 1 rings (SSSR count). The molecule has 0 saturated heterocycles. The van der Waals surface area contributed by atoms with Crippen LogP contribution in [0.4, 0.5) is 0 Å². The smallest absolute Gasteiger partial charge is 0.220 e. The van der Waals surface area contributed by atoms with Crippen molar-refractivity contribution in [2.45, 2.75) is 33.2 Å². The molecule has 1 amide bonds. The first-order valence-corrected chi connectivity index (χ1v) is 6.45. The zero-order valence-corrected chi connectivity index (χ0v) is 11.5. The van der Waals surface area contributed by atoms with Gasteiger partial charge in [0.15, 0.2) is 0 Å². The summed E-state index contributed by atoms with van der Waals surface area (Å²) in [5.74, 6) is 0.915. The second-order valence-corrected chi connectivity index (χ2v) is 5.23. The lowest BCUT2D eigenvalue weighted by Crippen LogP contribution is -2.28. The van der Waals surface area contributed by atoms with Crippen molar-refractivity contribution in [1.29, 1.82) is 0 Å². The Morgan fingerprint density at radius 1 is 1.56 bits per heavy atom. The third-order valence-corrected chi connectivity index (χ3v) is 2.86. The number of hydrogen-bond acceptors (Lipinski definition) is 3. The number of nitrogens with two attached hydrogens (primary N) is 1. The maximum absolute atomic E-state index is 11.8. The third-order valence-electron chi connectivity index (χ3n) is 2.86. The topological polar surface area (TPSA) is 72.9 Å². The number of nitrogens with zero attached hydrogens (tertiary/aromatic N) is 2. The van der Waals surface area contributed by atoms with E-state index in [1.54, 1.807) is 10.9 Å². The summed E-state index contributed by atoms with van der Waals surface area (Å²) in [4.78, 5) is 11.8. The standard InChI is InChI=1S/C13H24N4O/c1-10(2)4-11(6-14)5-13(18)15-7-12-8-16-17(3)9-12/h8-11H,4-7,14H2,1-3H3,(H,15,18)/t11-/m0/s1. The molecule has 0 unspecified atom stereocenters. The highest BCUT2D eigenvalue weighted by atomic mass is 16.1. The van der Waals surface area contributed by atoms with E-state index in [9.17, 15) is 4.79 Å². The van der Waals surface area contributed by atoms with Gasteiger partial charge in [0, 0.05) is 31.8 Å². The van der Waals surface area contributed by atoms with Crippen LogP contribution < -0.4 is 11.1 Å². The first-order valence-electron chi connectivity index (χ1n) is 6.45. The monoisotopic (exact) mass is 252 g/mol. The lowest BCUT2D eigenvalue weighted by molar-refractivity contribution is -0.122. The van der Waals surface area contributed by atoms with Gasteiger partial charge >= 0.3 is 0 Å². The Morgan fingerprint density at radius 3 is 2.78 bits per heavy atom. The third kappa shape index (κ3) is 5.31. The quantitative estimate of drug-likeness (QED) is 0.761. The summed E-state index contributed by atoms with van der Waals surface area (Å²) in [5, 5.41) is 6.96. The van der Waals surface area contributed by atoms with Crippen LogP contribution in [0.15, 0.2) is 12.4 Å². The molecule has 0 aliphatic rings. The van der Waals surface area contributed by atoms with Gasteiger partial charge in [-0.3, -0.25) is 9.48 Å². The first kappa shape index (κ1) is 14.7. The summed E-state index contributed by atoms with van der Waals surface area (Å²) in [6, 6.07) is 0. The molecule has 1 aromatic heterocycles. The number of carbonyl (C=O) groups is 1. The average Bonchev–Trinajstić information content (AvgIpc) is 2.71. The van der Waals surface area contributed by atoms with Gasteiger partial charge in [-0.25, -0.2) is 0 Å². The van der Waals surface area contributed by atoms with Crippen molar-refractivity contribution < 1.29 is 4.79 Å². The second-order valence-electron chi connectivity index (χ2n) is 5.23. The minimum atomic E-state index is 0.0648. The van der Waals surface area contributed by atoms with Crippen LogP contribution in [0.3, 0.4) is 0 Å². The van der Waals surface area contributed by atoms with Gasteiger partial charge in [-0.2, -0.15) is 5.10 Å². The van der Waals surface area contributed by atoms with E-state index in [2.05, 4.69) is 24.3 Å². The SMILES string of the molecule is CC(C)C[C@H](CN)CC(=O)NCc1cnn(C)c1. The highest BCUT2D eigenvalue weighted by Gasteiger charge is 2.13. The van der Waals surface area contributed by atoms with Crippen LogP contribution >= 0.6 is 0 Å². The lowest BCUT2D eigenvalue weighted by Gasteiger charge is -2.16. The highest BCUT2D eigenvalue weighted by molar-refractivity contribution is 5.76. The minimum absolute atomic E-state index is 0.0648. The molecule has 0 aromatic carbocycles. The van der Waals surface area contributed by atoms with Gasteiger partial charge in [-0.1, -0.05) is 13.8 Å². The van der Waals surface area contributed by atoms with Crippen LogP contribution in [-0.2, 0) is 18.4 Å². The van der Waals surface area contributed by atoms with Crippen LogP contribution in [0.5, 0.6) is 0 Å². The summed E-state index contributed by atoms with van der Waals surface area (Å²) in [6.45, 7) is 5.40. The van der Waals surface area contributed by atoms with E-state index in [1.165, 1.54) is 0 Å². The largest absolute Gasteiger partial charge is 0.352 e. The summed E-state index contributed by atoms with van der Waals surface area (Å²) >= 11 is 0. The Balaban J connectivity index is 2.32. The van der Waals surface area contributed by atoms with E-state index in [-0.39, 0.29) is 11.8 Å². The van der Waals surface area contributed by atoms with Crippen molar-refractivity contribution in [1.82, 2.24) is 15.1 Å². The molecule has 1 aromatic rings. The molecule has 1 atom stereocenters. The number of amides is 1. The molecule has 1 heterocycles. The fraction of sp³-hybridized carbons (Fsp3) is 0.692. The number of nitrogens with one attached hydrogen (secondary N) is 1. The number of aromatic nitrogens is 2. The van der Waals surface area contributed by atoms with Crippen LogP contribution in [0.1, 0.15) is 32.3 Å². The predicted octanol–water partition coefficient (Wildman–Crippen LogP) is 1.05. The minimum Gasteiger partial charge on any atom is -0.352 e. The van der Waals surface area contributed by atoms with E-state index < -0.39 is 0 Å². The number of hydrogen-bond donors (Lipinski definition) is 2. The molecule has 0 fully saturated rings. The fourth-order valence-corrected chi connectivity index (χ4v) is 2.03. The van der Waals surface area contributed by atoms with Gasteiger partial charge in [0.25, 0.3) is 0 Å². The summed E-state index contributed by atoms with van der Waals surface area (Å²) in [6.07, 6.45) is 5.16. The maximum atomic E-state index is 11.8. The van der Waals surface area contributed by atoms with E-state index in [1.807, 2.05) is 13.2 Å². The Labute approximate surface area is 109 Å².